The lowest BCUT2D eigenvalue weighted by Crippen LogP contribution is -2.23. The van der Waals surface area contributed by atoms with Crippen LogP contribution in [0.3, 0.4) is 0 Å². The lowest BCUT2D eigenvalue weighted by atomic mass is 9.99. The quantitative estimate of drug-likeness (QED) is 0.625. The van der Waals surface area contributed by atoms with Crippen LogP contribution in [0.5, 0.6) is 0 Å². The molecule has 0 fully saturated rings. The van der Waals surface area contributed by atoms with Crippen molar-refractivity contribution in [1.82, 2.24) is 4.72 Å². The number of fused-ring (bicyclic) bond motifs is 2. The molecule has 0 radical (unpaired) electrons. The van der Waals surface area contributed by atoms with Crippen LogP contribution >= 0.6 is 11.9 Å². The van der Waals surface area contributed by atoms with Gasteiger partial charge in [0, 0.05) is 11.3 Å². The zero-order valence-electron chi connectivity index (χ0n) is 16.3. The number of urea groups is 1. The van der Waals surface area contributed by atoms with E-state index in [1.807, 2.05) is 0 Å². The number of amides is 2. The van der Waals surface area contributed by atoms with E-state index in [2.05, 4.69) is 16.1 Å². The van der Waals surface area contributed by atoms with Gasteiger partial charge >= 0.3 is 6.03 Å². The third-order valence-electron chi connectivity index (χ3n) is 5.49. The molecule has 1 heterocycles. The molecule has 6 heteroatoms. The highest BCUT2D eigenvalue weighted by atomic mass is 32.2. The second kappa shape index (κ2) is 7.68. The van der Waals surface area contributed by atoms with Crippen molar-refractivity contribution in [3.8, 4) is 0 Å². The molecular formula is C22H26N2O3S. The minimum Gasteiger partial charge on any atom is -0.465 e. The molecule has 2 aromatic rings. The Hall–Kier alpha value is -2.18. The molecule has 3 N–H and O–H groups in total. The van der Waals surface area contributed by atoms with Gasteiger partial charge in [-0.05, 0) is 104 Å². The number of aliphatic hydroxyl groups is 1. The van der Waals surface area contributed by atoms with Gasteiger partial charge in [0.25, 0.3) is 0 Å². The number of furan rings is 1. The van der Waals surface area contributed by atoms with Gasteiger partial charge in [-0.3, -0.25) is 4.72 Å². The first-order chi connectivity index (χ1) is 13.4. The fourth-order valence-electron chi connectivity index (χ4n) is 4.06. The number of aryl methyl sites for hydroxylation is 2. The van der Waals surface area contributed by atoms with Gasteiger partial charge < -0.3 is 14.8 Å². The number of carbonyl (C=O) groups excluding carboxylic acids is 1. The van der Waals surface area contributed by atoms with E-state index in [1.54, 1.807) is 37.7 Å². The molecule has 0 spiro atoms. The average molecular weight is 399 g/mol. The van der Waals surface area contributed by atoms with Gasteiger partial charge in [0.1, 0.15) is 5.76 Å². The molecule has 1 aromatic heterocycles. The van der Waals surface area contributed by atoms with Crippen molar-refractivity contribution in [3.05, 3.63) is 57.4 Å². The highest BCUT2D eigenvalue weighted by Crippen LogP contribution is 2.38. The van der Waals surface area contributed by atoms with Gasteiger partial charge in [-0.2, -0.15) is 0 Å². The Labute approximate surface area is 169 Å². The zero-order chi connectivity index (χ0) is 19.7. The topological polar surface area (TPSA) is 74.5 Å². The van der Waals surface area contributed by atoms with Crippen LogP contribution in [0.4, 0.5) is 10.5 Å². The van der Waals surface area contributed by atoms with Crippen LogP contribution in [0, 0.1) is 0 Å². The summed E-state index contributed by atoms with van der Waals surface area (Å²) in [6, 6.07) is 3.94. The zero-order valence-corrected chi connectivity index (χ0v) is 17.1. The number of rotatable bonds is 5. The summed E-state index contributed by atoms with van der Waals surface area (Å²) in [5.74, 6) is 0.630. The van der Waals surface area contributed by atoms with Crippen LogP contribution in [0.1, 0.15) is 60.3 Å². The minimum atomic E-state index is -0.933. The minimum absolute atomic E-state index is 0.208. The second-order valence-electron chi connectivity index (χ2n) is 8.01. The summed E-state index contributed by atoms with van der Waals surface area (Å²) in [6.45, 7) is 3.42. The SMILES string of the molecule is CC(C)(O)c1coc(/C=C/SNC(=O)Nc2c3c(cc4c2CCC4)CCC3)c1. The molecule has 4 rings (SSSR count). The average Bonchev–Trinajstić information content (AvgIpc) is 3.37. The van der Waals surface area contributed by atoms with Crippen molar-refractivity contribution in [1.29, 1.82) is 0 Å². The van der Waals surface area contributed by atoms with Crippen molar-refractivity contribution in [2.45, 2.75) is 58.0 Å². The Kier molecular flexibility index (Phi) is 5.25. The van der Waals surface area contributed by atoms with E-state index in [0.717, 1.165) is 36.9 Å². The molecule has 0 saturated carbocycles. The van der Waals surface area contributed by atoms with Crippen LogP contribution in [-0.2, 0) is 31.3 Å². The van der Waals surface area contributed by atoms with E-state index < -0.39 is 5.60 Å². The number of hydrogen-bond donors (Lipinski definition) is 3. The van der Waals surface area contributed by atoms with Crippen molar-refractivity contribution >= 4 is 29.7 Å². The van der Waals surface area contributed by atoms with Gasteiger partial charge in [-0.15, -0.1) is 0 Å². The first-order valence-electron chi connectivity index (χ1n) is 9.79. The summed E-state index contributed by atoms with van der Waals surface area (Å²) in [7, 11) is 0. The Morgan fingerprint density at radius 1 is 1.14 bits per heavy atom. The van der Waals surface area contributed by atoms with E-state index in [4.69, 9.17) is 4.42 Å². The van der Waals surface area contributed by atoms with E-state index in [-0.39, 0.29) is 6.03 Å². The van der Waals surface area contributed by atoms with Gasteiger partial charge in [0.15, 0.2) is 0 Å². The second-order valence-corrected chi connectivity index (χ2v) is 8.72. The number of nitrogens with one attached hydrogen (secondary N) is 2. The third-order valence-corrected chi connectivity index (χ3v) is 6.07. The van der Waals surface area contributed by atoms with Crippen molar-refractivity contribution in [2.75, 3.05) is 5.32 Å². The molecule has 5 nitrogen and oxygen atoms in total. The lowest BCUT2D eigenvalue weighted by molar-refractivity contribution is 0.0779. The Balaban J connectivity index is 1.36. The predicted molar refractivity (Wildman–Crippen MR) is 113 cm³/mol. The largest absolute Gasteiger partial charge is 0.465 e. The first-order valence-corrected chi connectivity index (χ1v) is 10.7. The smallest absolute Gasteiger partial charge is 0.329 e. The van der Waals surface area contributed by atoms with Gasteiger partial charge in [-0.25, -0.2) is 4.79 Å². The van der Waals surface area contributed by atoms with Crippen LogP contribution in [-0.4, -0.2) is 11.1 Å². The third kappa shape index (κ3) is 3.98. The Morgan fingerprint density at radius 2 is 1.82 bits per heavy atom. The van der Waals surface area contributed by atoms with E-state index in [9.17, 15) is 9.90 Å². The lowest BCUT2D eigenvalue weighted by Gasteiger charge is -2.16. The van der Waals surface area contributed by atoms with Crippen LogP contribution in [0.25, 0.3) is 6.08 Å². The van der Waals surface area contributed by atoms with Gasteiger partial charge in [0.2, 0.25) is 0 Å². The molecule has 0 bridgehead atoms. The van der Waals surface area contributed by atoms with E-state index >= 15 is 0 Å². The molecular weight excluding hydrogens is 372 g/mol. The Morgan fingerprint density at radius 3 is 2.43 bits per heavy atom. The first kappa shape index (κ1) is 19.2. The summed E-state index contributed by atoms with van der Waals surface area (Å²) in [4.78, 5) is 12.4. The highest BCUT2D eigenvalue weighted by Gasteiger charge is 2.24. The van der Waals surface area contributed by atoms with Crippen molar-refractivity contribution in [2.24, 2.45) is 0 Å². The maximum Gasteiger partial charge on any atom is 0.329 e. The molecule has 2 aliphatic carbocycles. The molecule has 0 unspecified atom stereocenters. The fraction of sp³-hybridized carbons (Fsp3) is 0.409. The van der Waals surface area contributed by atoms with Gasteiger partial charge in [-0.1, -0.05) is 6.07 Å². The summed E-state index contributed by atoms with van der Waals surface area (Å²) in [5, 5.41) is 14.8. The summed E-state index contributed by atoms with van der Waals surface area (Å²) < 4.78 is 8.22. The molecule has 2 aliphatic rings. The predicted octanol–water partition coefficient (Wildman–Crippen LogP) is 4.93. The number of benzene rings is 1. The highest BCUT2D eigenvalue weighted by molar-refractivity contribution is 8.00. The van der Waals surface area contributed by atoms with Gasteiger partial charge in [0.05, 0.1) is 11.9 Å². The van der Waals surface area contributed by atoms with Crippen molar-refractivity contribution in [3.63, 3.8) is 0 Å². The van der Waals surface area contributed by atoms with Crippen LogP contribution in [0.2, 0.25) is 0 Å². The van der Waals surface area contributed by atoms with E-state index in [1.165, 1.54) is 47.0 Å². The molecule has 2 amide bonds. The molecule has 1 aromatic carbocycles. The summed E-state index contributed by atoms with van der Waals surface area (Å²) >= 11 is 1.19. The molecule has 28 heavy (non-hydrogen) atoms. The molecule has 0 atom stereocenters. The maximum absolute atomic E-state index is 12.4. The standard InChI is InChI=1S/C22H26N2O3S/c1-22(2,26)16-12-17(27-13-16)9-10-28-24-21(25)23-20-18-7-3-5-14(18)11-15-6-4-8-19(15)20/h9-13,26H,3-8H2,1-2H3,(H2,23,24,25)/b10-9+. The fourth-order valence-corrected chi connectivity index (χ4v) is 4.48. The normalized spacial score (nSPS) is 15.7. The van der Waals surface area contributed by atoms with Crippen LogP contribution < -0.4 is 10.0 Å². The summed E-state index contributed by atoms with van der Waals surface area (Å²) in [5.41, 5.74) is 6.29. The summed E-state index contributed by atoms with van der Waals surface area (Å²) in [6.07, 6.45) is 9.97. The molecule has 0 saturated heterocycles. The molecule has 148 valence electrons. The number of hydrogen-bond acceptors (Lipinski definition) is 4. The van der Waals surface area contributed by atoms with E-state index in [0.29, 0.717) is 5.76 Å². The monoisotopic (exact) mass is 398 g/mol. The number of carbonyl (C=O) groups is 1. The van der Waals surface area contributed by atoms with Crippen LogP contribution in [0.15, 0.2) is 28.2 Å². The molecule has 0 aliphatic heterocycles. The van der Waals surface area contributed by atoms with Crippen molar-refractivity contribution < 1.29 is 14.3 Å². The maximum atomic E-state index is 12.4. The number of anilines is 1. The Bertz CT molecular complexity index is 892.